The first-order valence-corrected chi connectivity index (χ1v) is 7.91. The molecule has 1 N–H and O–H groups in total. The van der Waals surface area contributed by atoms with E-state index in [0.717, 1.165) is 24.2 Å². The lowest BCUT2D eigenvalue weighted by atomic mass is 9.87. The topological polar surface area (TPSA) is 49.4 Å². The van der Waals surface area contributed by atoms with E-state index in [2.05, 4.69) is 5.32 Å². The number of nitrogens with one attached hydrogen (secondary N) is 1. The quantitative estimate of drug-likeness (QED) is 0.877. The molecule has 1 saturated heterocycles. The van der Waals surface area contributed by atoms with E-state index in [4.69, 9.17) is 0 Å². The number of rotatable bonds is 4. The Hall–Kier alpha value is -2.46. The maximum Gasteiger partial charge on any atom is 0.291 e. The lowest BCUT2D eigenvalue weighted by Gasteiger charge is -2.28. The van der Waals surface area contributed by atoms with Crippen molar-refractivity contribution in [2.75, 3.05) is 26.2 Å². The highest BCUT2D eigenvalue weighted by Crippen LogP contribution is 2.26. The molecule has 0 radical (unpaired) electrons. The zero-order valence-corrected chi connectivity index (χ0v) is 12.9. The Morgan fingerprint density at radius 3 is 1.78 bits per heavy atom. The molecule has 118 valence electrons. The van der Waals surface area contributed by atoms with Crippen molar-refractivity contribution in [2.24, 2.45) is 0 Å². The number of Topliss-reactive ketones (excluding diaryl/α,β-unsaturated/α-hetero) is 1. The first-order chi connectivity index (χ1) is 11.3. The largest absolute Gasteiger partial charge is 0.334 e. The molecule has 2 aromatic rings. The van der Waals surface area contributed by atoms with Gasteiger partial charge in [-0.1, -0.05) is 60.7 Å². The molecule has 1 aliphatic rings. The van der Waals surface area contributed by atoms with Crippen molar-refractivity contribution in [2.45, 2.75) is 5.92 Å². The molecule has 0 aromatic heterocycles. The molecular formula is C19H20N2O2. The average Bonchev–Trinajstić information content (AvgIpc) is 2.64. The summed E-state index contributed by atoms with van der Waals surface area (Å²) >= 11 is 0. The molecule has 0 aliphatic carbocycles. The SMILES string of the molecule is O=C(C(=O)N1CCNCC1)C(c1ccccc1)c1ccccc1. The predicted octanol–water partition coefficient (Wildman–Crippen LogP) is 1.82. The van der Waals surface area contributed by atoms with Gasteiger partial charge in [0, 0.05) is 26.2 Å². The number of hydrogen-bond donors (Lipinski definition) is 1. The zero-order chi connectivity index (χ0) is 16.1. The zero-order valence-electron chi connectivity index (χ0n) is 12.9. The van der Waals surface area contributed by atoms with Crippen LogP contribution in [-0.4, -0.2) is 42.8 Å². The second kappa shape index (κ2) is 7.20. The van der Waals surface area contributed by atoms with Crippen LogP contribution in [0.2, 0.25) is 0 Å². The molecule has 0 bridgehead atoms. The Morgan fingerprint density at radius 2 is 1.30 bits per heavy atom. The van der Waals surface area contributed by atoms with Crippen LogP contribution in [0.5, 0.6) is 0 Å². The molecule has 0 spiro atoms. The van der Waals surface area contributed by atoms with Crippen molar-refractivity contribution in [3.63, 3.8) is 0 Å². The Morgan fingerprint density at radius 1 is 0.826 bits per heavy atom. The van der Waals surface area contributed by atoms with Gasteiger partial charge in [0.2, 0.25) is 5.78 Å². The van der Waals surface area contributed by atoms with Crippen LogP contribution in [0.1, 0.15) is 17.0 Å². The van der Waals surface area contributed by atoms with Gasteiger partial charge in [0.25, 0.3) is 5.91 Å². The van der Waals surface area contributed by atoms with E-state index in [0.29, 0.717) is 13.1 Å². The van der Waals surface area contributed by atoms with E-state index >= 15 is 0 Å². The first-order valence-electron chi connectivity index (χ1n) is 7.91. The summed E-state index contributed by atoms with van der Waals surface area (Å²) in [5, 5.41) is 3.20. The second-order valence-corrected chi connectivity index (χ2v) is 5.66. The summed E-state index contributed by atoms with van der Waals surface area (Å²) in [7, 11) is 0. The molecule has 1 fully saturated rings. The molecule has 0 unspecified atom stereocenters. The summed E-state index contributed by atoms with van der Waals surface area (Å²) in [6, 6.07) is 19.0. The van der Waals surface area contributed by atoms with Crippen LogP contribution in [0.25, 0.3) is 0 Å². The number of amides is 1. The summed E-state index contributed by atoms with van der Waals surface area (Å²) in [4.78, 5) is 27.2. The first kappa shape index (κ1) is 15.4. The summed E-state index contributed by atoms with van der Waals surface area (Å²) in [6.07, 6.45) is 0. The molecule has 1 heterocycles. The fourth-order valence-electron chi connectivity index (χ4n) is 2.93. The van der Waals surface area contributed by atoms with Crippen LogP contribution in [0.15, 0.2) is 60.7 Å². The summed E-state index contributed by atoms with van der Waals surface area (Å²) in [6.45, 7) is 2.64. The minimum atomic E-state index is -0.542. The number of ketones is 1. The third kappa shape index (κ3) is 3.48. The van der Waals surface area contributed by atoms with Crippen molar-refractivity contribution in [1.29, 1.82) is 0 Å². The van der Waals surface area contributed by atoms with E-state index in [9.17, 15) is 9.59 Å². The minimum absolute atomic E-state index is 0.357. The number of benzene rings is 2. The maximum absolute atomic E-state index is 12.9. The standard InChI is InChI=1S/C19H20N2O2/c22-18(19(23)21-13-11-20-12-14-21)17(15-7-3-1-4-8-15)16-9-5-2-6-10-16/h1-10,17,20H,11-14H2. The van der Waals surface area contributed by atoms with Gasteiger partial charge in [-0.05, 0) is 11.1 Å². The van der Waals surface area contributed by atoms with E-state index in [1.807, 2.05) is 60.7 Å². The predicted molar refractivity (Wildman–Crippen MR) is 89.2 cm³/mol. The van der Waals surface area contributed by atoms with Crippen LogP contribution in [-0.2, 0) is 9.59 Å². The molecule has 23 heavy (non-hydrogen) atoms. The third-order valence-corrected chi connectivity index (χ3v) is 4.14. The van der Waals surface area contributed by atoms with Gasteiger partial charge in [-0.15, -0.1) is 0 Å². The van der Waals surface area contributed by atoms with Gasteiger partial charge in [-0.2, -0.15) is 0 Å². The van der Waals surface area contributed by atoms with Gasteiger partial charge >= 0.3 is 0 Å². The van der Waals surface area contributed by atoms with Crippen LogP contribution in [0.3, 0.4) is 0 Å². The number of carbonyl (C=O) groups is 2. The lowest BCUT2D eigenvalue weighted by Crippen LogP contribution is -2.49. The Kier molecular flexibility index (Phi) is 4.83. The van der Waals surface area contributed by atoms with Gasteiger partial charge in [0.1, 0.15) is 0 Å². The number of carbonyl (C=O) groups excluding carboxylic acids is 2. The van der Waals surface area contributed by atoms with Crippen LogP contribution in [0.4, 0.5) is 0 Å². The number of nitrogens with zero attached hydrogens (tertiary/aromatic N) is 1. The van der Waals surface area contributed by atoms with E-state index in [-0.39, 0.29) is 11.7 Å². The van der Waals surface area contributed by atoms with Crippen LogP contribution >= 0.6 is 0 Å². The molecule has 0 saturated carbocycles. The van der Waals surface area contributed by atoms with Crippen molar-refractivity contribution in [3.05, 3.63) is 71.8 Å². The van der Waals surface area contributed by atoms with Crippen LogP contribution in [0, 0.1) is 0 Å². The monoisotopic (exact) mass is 308 g/mol. The van der Waals surface area contributed by atoms with Gasteiger partial charge in [0.15, 0.2) is 0 Å². The Labute approximate surface area is 136 Å². The molecule has 2 aromatic carbocycles. The Balaban J connectivity index is 1.92. The average molecular weight is 308 g/mol. The summed E-state index contributed by atoms with van der Waals surface area (Å²) in [5.41, 5.74) is 1.71. The van der Waals surface area contributed by atoms with Gasteiger partial charge < -0.3 is 10.2 Å². The molecule has 1 aliphatic heterocycles. The van der Waals surface area contributed by atoms with E-state index < -0.39 is 5.92 Å². The smallest absolute Gasteiger partial charge is 0.291 e. The van der Waals surface area contributed by atoms with Crippen molar-refractivity contribution in [1.82, 2.24) is 10.2 Å². The van der Waals surface area contributed by atoms with Gasteiger partial charge in [0.05, 0.1) is 5.92 Å². The third-order valence-electron chi connectivity index (χ3n) is 4.14. The van der Waals surface area contributed by atoms with Gasteiger partial charge in [-0.25, -0.2) is 0 Å². The Bertz CT molecular complexity index is 625. The highest BCUT2D eigenvalue weighted by molar-refractivity contribution is 6.38. The van der Waals surface area contributed by atoms with Gasteiger partial charge in [-0.3, -0.25) is 9.59 Å². The van der Waals surface area contributed by atoms with E-state index in [1.54, 1.807) is 4.90 Å². The maximum atomic E-state index is 12.9. The molecule has 4 nitrogen and oxygen atoms in total. The molecule has 3 rings (SSSR count). The highest BCUT2D eigenvalue weighted by Gasteiger charge is 2.32. The second-order valence-electron chi connectivity index (χ2n) is 5.66. The fourth-order valence-corrected chi connectivity index (χ4v) is 2.93. The lowest BCUT2D eigenvalue weighted by molar-refractivity contribution is -0.145. The van der Waals surface area contributed by atoms with E-state index in [1.165, 1.54) is 0 Å². The molecule has 0 atom stereocenters. The normalized spacial score (nSPS) is 14.7. The summed E-state index contributed by atoms with van der Waals surface area (Å²) < 4.78 is 0. The number of piperazine rings is 1. The number of hydrogen-bond acceptors (Lipinski definition) is 3. The molecule has 1 amide bonds. The van der Waals surface area contributed by atoms with Crippen molar-refractivity contribution in [3.8, 4) is 0 Å². The van der Waals surface area contributed by atoms with Crippen molar-refractivity contribution >= 4 is 11.7 Å². The van der Waals surface area contributed by atoms with Crippen molar-refractivity contribution < 1.29 is 9.59 Å². The molecular weight excluding hydrogens is 288 g/mol. The fraction of sp³-hybridized carbons (Fsp3) is 0.263. The minimum Gasteiger partial charge on any atom is -0.334 e. The highest BCUT2D eigenvalue weighted by atomic mass is 16.2. The molecule has 4 heteroatoms. The summed E-state index contributed by atoms with van der Waals surface area (Å²) in [5.74, 6) is -1.28. The van der Waals surface area contributed by atoms with Crippen LogP contribution < -0.4 is 5.32 Å².